The number of rotatable bonds is 10. The third-order valence-electron chi connectivity index (χ3n) is 4.27. The van der Waals surface area contributed by atoms with E-state index in [2.05, 4.69) is 15.5 Å². The van der Waals surface area contributed by atoms with Crippen LogP contribution in [0.3, 0.4) is 0 Å². The molecule has 0 fully saturated rings. The Balaban J connectivity index is 1.38. The minimum Gasteiger partial charge on any atom is -0.496 e. The molecule has 162 valence electrons. The topological polar surface area (TPSA) is 113 Å². The number of aryl methyl sites for hydroxylation is 1. The number of para-hydroxylation sites is 1. The molecule has 0 aliphatic carbocycles. The molecule has 31 heavy (non-hydrogen) atoms. The van der Waals surface area contributed by atoms with Crippen LogP contribution in [-0.2, 0) is 22.6 Å². The Morgan fingerprint density at radius 1 is 1.10 bits per heavy atom. The van der Waals surface area contributed by atoms with E-state index in [4.69, 9.17) is 18.7 Å². The Bertz CT molecular complexity index is 1020. The van der Waals surface area contributed by atoms with Crippen molar-refractivity contribution in [3.05, 3.63) is 71.4 Å². The fraction of sp³-hybridized carbons (Fsp3) is 0.273. The van der Waals surface area contributed by atoms with Crippen molar-refractivity contribution >= 4 is 11.9 Å². The summed E-state index contributed by atoms with van der Waals surface area (Å²) in [6.45, 7) is 1.89. The first-order valence-corrected chi connectivity index (χ1v) is 9.63. The maximum absolute atomic E-state index is 12.1. The van der Waals surface area contributed by atoms with E-state index in [9.17, 15) is 9.59 Å². The van der Waals surface area contributed by atoms with E-state index in [0.717, 1.165) is 11.3 Å². The molecule has 9 heteroatoms. The van der Waals surface area contributed by atoms with E-state index >= 15 is 0 Å². The van der Waals surface area contributed by atoms with Gasteiger partial charge in [-0.05, 0) is 42.3 Å². The zero-order valence-corrected chi connectivity index (χ0v) is 17.3. The van der Waals surface area contributed by atoms with Crippen molar-refractivity contribution in [2.24, 2.45) is 0 Å². The van der Waals surface area contributed by atoms with Crippen LogP contribution < -0.4 is 14.8 Å². The number of methoxy groups -OCH3 is 1. The number of carbonyl (C=O) groups excluding carboxylic acids is 2. The number of amides is 1. The molecule has 0 saturated heterocycles. The maximum atomic E-state index is 12.1. The first kappa shape index (κ1) is 21.8. The summed E-state index contributed by atoms with van der Waals surface area (Å²) in [5.41, 5.74) is 1.30. The van der Waals surface area contributed by atoms with Crippen LogP contribution in [0, 0.1) is 6.92 Å². The van der Waals surface area contributed by atoms with Crippen LogP contribution in [0.5, 0.6) is 11.5 Å². The molecule has 0 aliphatic heterocycles. The lowest BCUT2D eigenvalue weighted by atomic mass is 10.1. The first-order valence-electron chi connectivity index (χ1n) is 9.63. The quantitative estimate of drug-likeness (QED) is 0.493. The number of hydrogen-bond donors (Lipinski definition) is 1. The van der Waals surface area contributed by atoms with Crippen molar-refractivity contribution in [3.8, 4) is 11.5 Å². The second-order valence-corrected chi connectivity index (χ2v) is 6.53. The summed E-state index contributed by atoms with van der Waals surface area (Å²) < 4.78 is 20.7. The highest BCUT2D eigenvalue weighted by Crippen LogP contribution is 2.17. The van der Waals surface area contributed by atoms with Gasteiger partial charge in [0.25, 0.3) is 5.91 Å². The van der Waals surface area contributed by atoms with Gasteiger partial charge in [0, 0.05) is 13.5 Å². The Kier molecular flexibility index (Phi) is 7.58. The van der Waals surface area contributed by atoms with Gasteiger partial charge in [-0.1, -0.05) is 23.4 Å². The molecule has 2 aromatic carbocycles. The van der Waals surface area contributed by atoms with E-state index < -0.39 is 5.97 Å². The molecule has 3 rings (SSSR count). The summed E-state index contributed by atoms with van der Waals surface area (Å²) in [6.07, 6.45) is 0.606. The minimum atomic E-state index is -0.597. The van der Waals surface area contributed by atoms with Crippen molar-refractivity contribution < 1.29 is 28.3 Å². The first-order chi connectivity index (χ1) is 15.0. The molecule has 0 bridgehead atoms. The van der Waals surface area contributed by atoms with Gasteiger partial charge in [-0.3, -0.25) is 4.79 Å². The van der Waals surface area contributed by atoms with Gasteiger partial charge < -0.3 is 24.1 Å². The van der Waals surface area contributed by atoms with E-state index in [0.29, 0.717) is 36.0 Å². The van der Waals surface area contributed by atoms with Gasteiger partial charge in [-0.25, -0.2) is 4.79 Å². The Morgan fingerprint density at radius 2 is 1.87 bits per heavy atom. The minimum absolute atomic E-state index is 0.149. The van der Waals surface area contributed by atoms with E-state index in [1.54, 1.807) is 38.3 Å². The average molecular weight is 425 g/mol. The summed E-state index contributed by atoms with van der Waals surface area (Å²) in [5.74, 6) is 1.22. The van der Waals surface area contributed by atoms with E-state index in [-0.39, 0.29) is 19.1 Å². The molecule has 1 amide bonds. The van der Waals surface area contributed by atoms with Gasteiger partial charge in [0.2, 0.25) is 11.7 Å². The molecule has 0 aliphatic rings. The van der Waals surface area contributed by atoms with Crippen molar-refractivity contribution in [2.45, 2.75) is 20.0 Å². The molecule has 0 saturated carbocycles. The van der Waals surface area contributed by atoms with Crippen LogP contribution >= 0.6 is 0 Å². The standard InChI is InChI=1S/C22H23N3O6/c1-15-24-20(25-31-15)13-29-18-9-7-17(8-10-18)22(27)30-14-21(26)23-12-11-16-5-3-4-6-19(16)28-2/h3-10H,11-14H2,1-2H3,(H,23,26). The van der Waals surface area contributed by atoms with Crippen molar-refractivity contribution in [1.82, 2.24) is 15.5 Å². The monoisotopic (exact) mass is 425 g/mol. The van der Waals surface area contributed by atoms with Gasteiger partial charge in [0.15, 0.2) is 13.2 Å². The van der Waals surface area contributed by atoms with Gasteiger partial charge in [0.05, 0.1) is 12.7 Å². The molecule has 0 atom stereocenters. The molecule has 1 aromatic heterocycles. The molecular formula is C22H23N3O6. The molecule has 1 N–H and O–H groups in total. The predicted octanol–water partition coefficient (Wildman–Crippen LogP) is 2.48. The predicted molar refractivity (Wildman–Crippen MR) is 110 cm³/mol. The van der Waals surface area contributed by atoms with Crippen LogP contribution in [0.2, 0.25) is 0 Å². The molecule has 0 spiro atoms. The Hall–Kier alpha value is -3.88. The summed E-state index contributed by atoms with van der Waals surface area (Å²) in [4.78, 5) is 28.1. The smallest absolute Gasteiger partial charge is 0.338 e. The zero-order valence-electron chi connectivity index (χ0n) is 17.3. The van der Waals surface area contributed by atoms with Crippen LogP contribution in [0.15, 0.2) is 53.1 Å². The largest absolute Gasteiger partial charge is 0.496 e. The Morgan fingerprint density at radius 3 is 2.58 bits per heavy atom. The average Bonchev–Trinajstić information content (AvgIpc) is 3.22. The van der Waals surface area contributed by atoms with Crippen molar-refractivity contribution in [1.29, 1.82) is 0 Å². The maximum Gasteiger partial charge on any atom is 0.338 e. The second-order valence-electron chi connectivity index (χ2n) is 6.53. The molecule has 3 aromatic rings. The number of hydrogen-bond acceptors (Lipinski definition) is 8. The van der Waals surface area contributed by atoms with E-state index in [1.807, 2.05) is 24.3 Å². The molecule has 0 unspecified atom stereocenters. The highest BCUT2D eigenvalue weighted by atomic mass is 16.5. The summed E-state index contributed by atoms with van der Waals surface area (Å²) in [5, 5.41) is 6.46. The number of nitrogens with zero attached hydrogens (tertiary/aromatic N) is 2. The van der Waals surface area contributed by atoms with Gasteiger partial charge >= 0.3 is 5.97 Å². The van der Waals surface area contributed by atoms with E-state index in [1.165, 1.54) is 0 Å². The number of aromatic nitrogens is 2. The van der Waals surface area contributed by atoms with Crippen molar-refractivity contribution in [2.75, 3.05) is 20.3 Å². The lowest BCUT2D eigenvalue weighted by molar-refractivity contribution is -0.124. The fourth-order valence-corrected chi connectivity index (χ4v) is 2.75. The third-order valence-corrected chi connectivity index (χ3v) is 4.27. The number of benzene rings is 2. The van der Waals surface area contributed by atoms with Gasteiger partial charge in [0.1, 0.15) is 11.5 Å². The zero-order chi connectivity index (χ0) is 22.1. The van der Waals surface area contributed by atoms with Gasteiger partial charge in [-0.15, -0.1) is 0 Å². The number of nitrogens with one attached hydrogen (secondary N) is 1. The molecule has 9 nitrogen and oxygen atoms in total. The SMILES string of the molecule is COc1ccccc1CCNC(=O)COC(=O)c1ccc(OCc2noc(C)n2)cc1. The number of ether oxygens (including phenoxy) is 3. The Labute approximate surface area is 179 Å². The highest BCUT2D eigenvalue weighted by molar-refractivity contribution is 5.91. The van der Waals surface area contributed by atoms with Gasteiger partial charge in [-0.2, -0.15) is 4.98 Å². The van der Waals surface area contributed by atoms with Crippen LogP contribution in [-0.4, -0.2) is 42.3 Å². The summed E-state index contributed by atoms with van der Waals surface area (Å²) in [6, 6.07) is 13.9. The molecular weight excluding hydrogens is 402 g/mol. The summed E-state index contributed by atoms with van der Waals surface area (Å²) >= 11 is 0. The second kappa shape index (κ2) is 10.8. The van der Waals surface area contributed by atoms with Crippen LogP contribution in [0.1, 0.15) is 27.6 Å². The lowest BCUT2D eigenvalue weighted by Gasteiger charge is -2.09. The van der Waals surface area contributed by atoms with Crippen LogP contribution in [0.4, 0.5) is 0 Å². The fourth-order valence-electron chi connectivity index (χ4n) is 2.75. The normalized spacial score (nSPS) is 10.4. The van der Waals surface area contributed by atoms with Crippen molar-refractivity contribution in [3.63, 3.8) is 0 Å². The van der Waals surface area contributed by atoms with Crippen LogP contribution in [0.25, 0.3) is 0 Å². The molecule has 1 heterocycles. The number of esters is 1. The lowest BCUT2D eigenvalue weighted by Crippen LogP contribution is -2.30. The summed E-state index contributed by atoms with van der Waals surface area (Å²) in [7, 11) is 1.60. The third kappa shape index (κ3) is 6.56. The highest BCUT2D eigenvalue weighted by Gasteiger charge is 2.11. The number of carbonyl (C=O) groups is 2. The molecule has 0 radical (unpaired) electrons.